The van der Waals surface area contributed by atoms with E-state index >= 15 is 0 Å². The van der Waals surface area contributed by atoms with E-state index in [2.05, 4.69) is 10.0 Å². The summed E-state index contributed by atoms with van der Waals surface area (Å²) in [7, 11) is -3.82. The molecule has 0 radical (unpaired) electrons. The van der Waals surface area contributed by atoms with Crippen molar-refractivity contribution in [3.63, 3.8) is 0 Å². The number of rotatable bonds is 9. The standard InChI is InChI=1S/C21H28N2O4S/c1-5-27-12-6-11-22-21(24)18-10-9-17(4)20(14-18)28(25,26)23-19-13-15(2)7-8-16(19)3/h7-10,13-14,23H,5-6,11-12H2,1-4H3,(H,22,24). The van der Waals surface area contributed by atoms with E-state index in [1.165, 1.54) is 6.07 Å². The van der Waals surface area contributed by atoms with Crippen molar-refractivity contribution in [3.05, 3.63) is 58.7 Å². The summed E-state index contributed by atoms with van der Waals surface area (Å²) in [5.41, 5.74) is 3.20. The number of amides is 1. The Labute approximate surface area is 167 Å². The number of hydrogen-bond acceptors (Lipinski definition) is 4. The van der Waals surface area contributed by atoms with Crippen molar-refractivity contribution < 1.29 is 17.9 Å². The number of carbonyl (C=O) groups is 1. The lowest BCUT2D eigenvalue weighted by atomic mass is 10.1. The third-order valence-corrected chi connectivity index (χ3v) is 5.84. The molecule has 2 rings (SSSR count). The highest BCUT2D eigenvalue weighted by atomic mass is 32.2. The Morgan fingerprint density at radius 1 is 1.04 bits per heavy atom. The van der Waals surface area contributed by atoms with Crippen LogP contribution < -0.4 is 10.0 Å². The van der Waals surface area contributed by atoms with Crippen molar-refractivity contribution in [1.82, 2.24) is 5.32 Å². The number of hydrogen-bond donors (Lipinski definition) is 2. The van der Waals surface area contributed by atoms with E-state index in [-0.39, 0.29) is 10.8 Å². The fourth-order valence-corrected chi connectivity index (χ4v) is 4.09. The van der Waals surface area contributed by atoms with Gasteiger partial charge in [-0.3, -0.25) is 9.52 Å². The molecular formula is C21H28N2O4S. The molecule has 0 aliphatic carbocycles. The zero-order valence-corrected chi connectivity index (χ0v) is 17.7. The van der Waals surface area contributed by atoms with Crippen LogP contribution in [0.5, 0.6) is 0 Å². The fourth-order valence-electron chi connectivity index (χ4n) is 2.70. The minimum Gasteiger partial charge on any atom is -0.382 e. The fraction of sp³-hybridized carbons (Fsp3) is 0.381. The third kappa shape index (κ3) is 5.81. The molecule has 2 aromatic carbocycles. The van der Waals surface area contributed by atoms with Crippen LogP contribution >= 0.6 is 0 Å². The summed E-state index contributed by atoms with van der Waals surface area (Å²) in [6, 6.07) is 10.3. The first-order valence-electron chi connectivity index (χ1n) is 9.31. The van der Waals surface area contributed by atoms with E-state index in [1.54, 1.807) is 25.1 Å². The number of ether oxygens (including phenoxy) is 1. The summed E-state index contributed by atoms with van der Waals surface area (Å²) in [5.74, 6) is -0.306. The Bertz CT molecular complexity index is 939. The number of anilines is 1. The maximum atomic E-state index is 12.9. The first-order chi connectivity index (χ1) is 13.2. The van der Waals surface area contributed by atoms with E-state index in [0.29, 0.717) is 43.0 Å². The number of carbonyl (C=O) groups excluding carboxylic acids is 1. The van der Waals surface area contributed by atoms with Crippen molar-refractivity contribution in [2.75, 3.05) is 24.5 Å². The summed E-state index contributed by atoms with van der Waals surface area (Å²) in [5, 5.41) is 2.79. The minimum absolute atomic E-state index is 0.0929. The summed E-state index contributed by atoms with van der Waals surface area (Å²) in [6.45, 7) is 9.05. The first kappa shape index (κ1) is 21.9. The van der Waals surface area contributed by atoms with Gasteiger partial charge in [0.25, 0.3) is 15.9 Å². The van der Waals surface area contributed by atoms with Crippen LogP contribution in [0.2, 0.25) is 0 Å². The molecule has 0 bridgehead atoms. The molecule has 0 saturated heterocycles. The highest BCUT2D eigenvalue weighted by Gasteiger charge is 2.20. The van der Waals surface area contributed by atoms with Gasteiger partial charge in [-0.15, -0.1) is 0 Å². The van der Waals surface area contributed by atoms with Gasteiger partial charge in [-0.2, -0.15) is 0 Å². The summed E-state index contributed by atoms with van der Waals surface area (Å²) in [6.07, 6.45) is 0.699. The number of sulfonamides is 1. The van der Waals surface area contributed by atoms with Crippen LogP contribution in [0.4, 0.5) is 5.69 Å². The Morgan fingerprint density at radius 3 is 2.46 bits per heavy atom. The van der Waals surface area contributed by atoms with Crippen LogP contribution in [0, 0.1) is 20.8 Å². The SMILES string of the molecule is CCOCCCNC(=O)c1ccc(C)c(S(=O)(=O)Nc2cc(C)ccc2C)c1. The Balaban J connectivity index is 2.19. The Morgan fingerprint density at radius 2 is 1.75 bits per heavy atom. The average molecular weight is 405 g/mol. The lowest BCUT2D eigenvalue weighted by molar-refractivity contribution is 0.0944. The molecule has 0 saturated carbocycles. The molecule has 0 unspecified atom stereocenters. The van der Waals surface area contributed by atoms with Gasteiger partial charge in [0.2, 0.25) is 0 Å². The molecule has 0 aliphatic heterocycles. The molecule has 0 aliphatic rings. The van der Waals surface area contributed by atoms with Gasteiger partial charge in [-0.05, 0) is 69.0 Å². The summed E-state index contributed by atoms with van der Waals surface area (Å²) in [4.78, 5) is 12.5. The largest absolute Gasteiger partial charge is 0.382 e. The molecule has 28 heavy (non-hydrogen) atoms. The Kier molecular flexibility index (Phi) is 7.60. The third-order valence-electron chi connectivity index (χ3n) is 4.33. The van der Waals surface area contributed by atoms with Gasteiger partial charge in [-0.1, -0.05) is 18.2 Å². The van der Waals surface area contributed by atoms with Crippen molar-refractivity contribution in [2.45, 2.75) is 39.0 Å². The summed E-state index contributed by atoms with van der Waals surface area (Å²) >= 11 is 0. The van der Waals surface area contributed by atoms with Crippen LogP contribution in [-0.2, 0) is 14.8 Å². The van der Waals surface area contributed by atoms with Gasteiger partial charge < -0.3 is 10.1 Å². The maximum Gasteiger partial charge on any atom is 0.262 e. The first-order valence-corrected chi connectivity index (χ1v) is 10.8. The second-order valence-corrected chi connectivity index (χ2v) is 8.36. The number of aryl methyl sites for hydroxylation is 3. The zero-order valence-electron chi connectivity index (χ0n) is 16.8. The molecule has 7 heteroatoms. The molecule has 0 aromatic heterocycles. The summed E-state index contributed by atoms with van der Waals surface area (Å²) < 4.78 is 33.7. The van der Waals surface area contributed by atoms with Crippen molar-refractivity contribution in [1.29, 1.82) is 0 Å². The van der Waals surface area contributed by atoms with E-state index in [1.807, 2.05) is 32.9 Å². The van der Waals surface area contributed by atoms with E-state index < -0.39 is 10.0 Å². The molecule has 6 nitrogen and oxygen atoms in total. The second-order valence-electron chi connectivity index (χ2n) is 6.71. The molecule has 0 fully saturated rings. The normalized spacial score (nSPS) is 11.3. The van der Waals surface area contributed by atoms with Gasteiger partial charge in [0.15, 0.2) is 0 Å². The molecule has 1 amide bonds. The second kappa shape index (κ2) is 9.71. The minimum atomic E-state index is -3.82. The van der Waals surface area contributed by atoms with Gasteiger partial charge in [0.1, 0.15) is 0 Å². The van der Waals surface area contributed by atoms with Crippen molar-refractivity contribution >= 4 is 21.6 Å². The average Bonchev–Trinajstić information content (AvgIpc) is 2.64. The van der Waals surface area contributed by atoms with E-state index in [0.717, 1.165) is 11.1 Å². The van der Waals surface area contributed by atoms with Gasteiger partial charge in [0, 0.05) is 25.3 Å². The van der Waals surface area contributed by atoms with Crippen LogP contribution in [0.3, 0.4) is 0 Å². The van der Waals surface area contributed by atoms with Crippen LogP contribution in [0.15, 0.2) is 41.3 Å². The molecule has 2 N–H and O–H groups in total. The maximum absolute atomic E-state index is 12.9. The monoisotopic (exact) mass is 404 g/mol. The topological polar surface area (TPSA) is 84.5 Å². The highest BCUT2D eigenvalue weighted by molar-refractivity contribution is 7.92. The van der Waals surface area contributed by atoms with Crippen molar-refractivity contribution in [3.8, 4) is 0 Å². The predicted molar refractivity (Wildman–Crippen MR) is 111 cm³/mol. The molecule has 152 valence electrons. The molecular weight excluding hydrogens is 376 g/mol. The Hall–Kier alpha value is -2.38. The molecule has 0 atom stereocenters. The molecule has 0 spiro atoms. The lowest BCUT2D eigenvalue weighted by Gasteiger charge is -2.14. The lowest BCUT2D eigenvalue weighted by Crippen LogP contribution is -2.26. The number of nitrogens with one attached hydrogen (secondary N) is 2. The van der Waals surface area contributed by atoms with E-state index in [4.69, 9.17) is 4.74 Å². The molecule has 2 aromatic rings. The predicted octanol–water partition coefficient (Wildman–Crippen LogP) is 3.57. The van der Waals surface area contributed by atoms with Gasteiger partial charge >= 0.3 is 0 Å². The number of benzene rings is 2. The highest BCUT2D eigenvalue weighted by Crippen LogP contribution is 2.23. The van der Waals surface area contributed by atoms with Crippen molar-refractivity contribution in [2.24, 2.45) is 0 Å². The quantitative estimate of drug-likeness (QED) is 0.626. The van der Waals surface area contributed by atoms with Crippen LogP contribution in [0.25, 0.3) is 0 Å². The smallest absolute Gasteiger partial charge is 0.262 e. The molecule has 0 heterocycles. The van der Waals surface area contributed by atoms with Crippen LogP contribution in [0.1, 0.15) is 40.4 Å². The van der Waals surface area contributed by atoms with E-state index in [9.17, 15) is 13.2 Å². The van der Waals surface area contributed by atoms with Gasteiger partial charge in [0.05, 0.1) is 10.6 Å². The zero-order chi connectivity index (χ0) is 20.7. The van der Waals surface area contributed by atoms with Crippen LogP contribution in [-0.4, -0.2) is 34.1 Å². The van der Waals surface area contributed by atoms with Gasteiger partial charge in [-0.25, -0.2) is 8.42 Å².